The minimum absolute atomic E-state index is 0.000417. The van der Waals surface area contributed by atoms with Gasteiger partial charge in [-0.2, -0.15) is 0 Å². The van der Waals surface area contributed by atoms with Crippen LogP contribution in [0.2, 0.25) is 0 Å². The van der Waals surface area contributed by atoms with Crippen LogP contribution in [0.25, 0.3) is 0 Å². The zero-order valence-electron chi connectivity index (χ0n) is 6.75. The second-order valence-corrected chi connectivity index (χ2v) is 4.39. The van der Waals surface area contributed by atoms with Crippen LogP contribution in [0.15, 0.2) is 17.9 Å². The number of thiazole rings is 1. The lowest BCUT2D eigenvalue weighted by Gasteiger charge is -2.04. The molecule has 0 aliphatic heterocycles. The maximum absolute atomic E-state index is 5.94. The lowest BCUT2D eigenvalue weighted by atomic mass is 10.2. The molecule has 68 valence electrons. The van der Waals surface area contributed by atoms with E-state index in [1.165, 1.54) is 16.4 Å². The summed E-state index contributed by atoms with van der Waals surface area (Å²) < 4.78 is 3.77. The molecule has 6 heteroatoms. The summed E-state index contributed by atoms with van der Waals surface area (Å²) in [6.45, 7) is 0. The third-order valence-electron chi connectivity index (χ3n) is 1.65. The molecule has 0 aliphatic carbocycles. The van der Waals surface area contributed by atoms with Gasteiger partial charge in [0.15, 0.2) is 0 Å². The lowest BCUT2D eigenvalue weighted by Crippen LogP contribution is -2.10. The van der Waals surface area contributed by atoms with Gasteiger partial charge in [-0.1, -0.05) is 4.49 Å². The predicted molar refractivity (Wildman–Crippen MR) is 52.7 cm³/mol. The molecule has 2 heterocycles. The van der Waals surface area contributed by atoms with Crippen molar-refractivity contribution in [1.82, 2.24) is 14.6 Å². The summed E-state index contributed by atoms with van der Waals surface area (Å²) in [5.74, 6) is 0. The highest BCUT2D eigenvalue weighted by molar-refractivity contribution is 7.09. The monoisotopic (exact) mass is 212 g/mol. The van der Waals surface area contributed by atoms with Crippen molar-refractivity contribution < 1.29 is 0 Å². The molecule has 1 atom stereocenters. The van der Waals surface area contributed by atoms with Crippen molar-refractivity contribution in [2.24, 2.45) is 5.73 Å². The molecule has 1 unspecified atom stereocenters. The molecular weight excluding hydrogens is 204 g/mol. The first-order valence-corrected chi connectivity index (χ1v) is 5.42. The van der Waals surface area contributed by atoms with Crippen LogP contribution in [0, 0.1) is 0 Å². The Hall–Kier alpha value is -0.850. The summed E-state index contributed by atoms with van der Waals surface area (Å²) >= 11 is 2.97. The number of aromatic nitrogens is 3. The maximum atomic E-state index is 5.94. The van der Waals surface area contributed by atoms with Crippen molar-refractivity contribution >= 4 is 22.9 Å². The third-order valence-corrected chi connectivity index (χ3v) is 3.25. The highest BCUT2D eigenvalue weighted by atomic mass is 32.1. The molecule has 2 N–H and O–H groups in total. The average Bonchev–Trinajstić information content (AvgIpc) is 2.74. The van der Waals surface area contributed by atoms with E-state index in [4.69, 9.17) is 5.73 Å². The van der Waals surface area contributed by atoms with Crippen molar-refractivity contribution in [3.63, 3.8) is 0 Å². The molecule has 2 rings (SSSR count). The summed E-state index contributed by atoms with van der Waals surface area (Å²) in [6, 6.07) is 0.000417. The summed E-state index contributed by atoms with van der Waals surface area (Å²) in [5, 5.41) is 3.75. The van der Waals surface area contributed by atoms with Crippen LogP contribution >= 0.6 is 22.9 Å². The van der Waals surface area contributed by atoms with Crippen molar-refractivity contribution in [2.75, 3.05) is 0 Å². The first-order valence-electron chi connectivity index (χ1n) is 3.76. The van der Waals surface area contributed by atoms with Crippen molar-refractivity contribution in [2.45, 2.75) is 12.5 Å². The van der Waals surface area contributed by atoms with Gasteiger partial charge >= 0.3 is 0 Å². The molecule has 0 aromatic carbocycles. The van der Waals surface area contributed by atoms with E-state index >= 15 is 0 Å². The van der Waals surface area contributed by atoms with Gasteiger partial charge in [0.1, 0.15) is 0 Å². The van der Waals surface area contributed by atoms with Crippen LogP contribution in [-0.2, 0) is 6.42 Å². The summed E-state index contributed by atoms with van der Waals surface area (Å²) in [7, 11) is 0. The largest absolute Gasteiger partial charge is 0.323 e. The molecule has 4 nitrogen and oxygen atoms in total. The molecule has 2 aromatic rings. The van der Waals surface area contributed by atoms with E-state index in [9.17, 15) is 0 Å². The van der Waals surface area contributed by atoms with Crippen molar-refractivity contribution in [3.05, 3.63) is 27.7 Å². The molecule has 0 spiro atoms. The van der Waals surface area contributed by atoms with Crippen LogP contribution < -0.4 is 5.73 Å². The number of hydrogen-bond donors (Lipinski definition) is 1. The predicted octanol–water partition coefficient (Wildman–Crippen LogP) is 1.24. The van der Waals surface area contributed by atoms with E-state index in [0.29, 0.717) is 0 Å². The Bertz CT molecular complexity index is 342. The molecule has 0 radical (unpaired) electrons. The Balaban J connectivity index is 2.04. The Morgan fingerprint density at radius 2 is 2.38 bits per heavy atom. The third kappa shape index (κ3) is 2.09. The average molecular weight is 212 g/mol. The van der Waals surface area contributed by atoms with Crippen LogP contribution in [-0.4, -0.2) is 14.6 Å². The van der Waals surface area contributed by atoms with Gasteiger partial charge in [0.25, 0.3) is 0 Å². The van der Waals surface area contributed by atoms with Gasteiger partial charge in [0.05, 0.1) is 16.6 Å². The summed E-state index contributed by atoms with van der Waals surface area (Å²) in [4.78, 5) is 6.21. The molecule has 2 aromatic heterocycles. The van der Waals surface area contributed by atoms with E-state index in [2.05, 4.69) is 14.6 Å². The maximum Gasteiger partial charge on any atom is 0.0794 e. The van der Waals surface area contributed by atoms with Gasteiger partial charge in [-0.15, -0.1) is 16.4 Å². The molecule has 0 amide bonds. The van der Waals surface area contributed by atoms with Crippen LogP contribution in [0.3, 0.4) is 0 Å². The zero-order chi connectivity index (χ0) is 9.10. The van der Waals surface area contributed by atoms with Gasteiger partial charge in [-0.25, -0.2) is 0 Å². The normalized spacial score (nSPS) is 13.0. The first-order chi connectivity index (χ1) is 6.36. The van der Waals surface area contributed by atoms with E-state index in [0.717, 1.165) is 11.3 Å². The van der Waals surface area contributed by atoms with E-state index in [-0.39, 0.29) is 6.04 Å². The fraction of sp³-hybridized carbons (Fsp3) is 0.286. The number of rotatable bonds is 3. The molecule has 13 heavy (non-hydrogen) atoms. The Morgan fingerprint density at radius 3 is 3.00 bits per heavy atom. The highest BCUT2D eigenvalue weighted by Gasteiger charge is 2.09. The molecule has 0 saturated heterocycles. The first kappa shape index (κ1) is 8.74. The van der Waals surface area contributed by atoms with Crippen LogP contribution in [0.5, 0.6) is 0 Å². The molecular formula is C7H8N4S2. The van der Waals surface area contributed by atoms with Crippen molar-refractivity contribution in [3.8, 4) is 0 Å². The Labute approximate surface area is 83.6 Å². The second-order valence-electron chi connectivity index (χ2n) is 2.60. The summed E-state index contributed by atoms with van der Waals surface area (Å²) in [6.07, 6.45) is 4.38. The minimum atomic E-state index is 0.000417. The second kappa shape index (κ2) is 3.91. The standard InChI is InChI=1S/C7H8N4S2/c8-6(7-3-10-11-13-7)1-5-2-9-4-12-5/h2-4,6H,1,8H2. The van der Waals surface area contributed by atoms with Crippen LogP contribution in [0.1, 0.15) is 15.8 Å². The van der Waals surface area contributed by atoms with E-state index in [1.54, 1.807) is 17.5 Å². The number of nitrogens with two attached hydrogens (primary N) is 1. The Morgan fingerprint density at radius 1 is 1.46 bits per heavy atom. The molecule has 0 bridgehead atoms. The number of nitrogens with zero attached hydrogens (tertiary/aromatic N) is 3. The van der Waals surface area contributed by atoms with Crippen molar-refractivity contribution in [1.29, 1.82) is 0 Å². The van der Waals surface area contributed by atoms with Gasteiger partial charge in [-0.3, -0.25) is 4.98 Å². The molecule has 0 saturated carbocycles. The van der Waals surface area contributed by atoms with E-state index < -0.39 is 0 Å². The lowest BCUT2D eigenvalue weighted by molar-refractivity contribution is 0.742. The molecule has 0 aliphatic rings. The SMILES string of the molecule is NC(Cc1cncs1)c1cnns1. The fourth-order valence-corrected chi connectivity index (χ4v) is 2.15. The van der Waals surface area contributed by atoms with E-state index in [1.807, 2.05) is 11.7 Å². The minimum Gasteiger partial charge on any atom is -0.323 e. The van der Waals surface area contributed by atoms with Crippen LogP contribution in [0.4, 0.5) is 0 Å². The smallest absolute Gasteiger partial charge is 0.0794 e. The van der Waals surface area contributed by atoms with Gasteiger partial charge in [0, 0.05) is 23.5 Å². The van der Waals surface area contributed by atoms with Gasteiger partial charge in [0.2, 0.25) is 0 Å². The zero-order valence-corrected chi connectivity index (χ0v) is 8.38. The Kier molecular flexibility index (Phi) is 2.62. The quantitative estimate of drug-likeness (QED) is 0.831. The van der Waals surface area contributed by atoms with Gasteiger partial charge < -0.3 is 5.73 Å². The van der Waals surface area contributed by atoms with Gasteiger partial charge in [-0.05, 0) is 11.5 Å². The highest BCUT2D eigenvalue weighted by Crippen LogP contribution is 2.19. The fourth-order valence-electron chi connectivity index (χ4n) is 0.998. The summed E-state index contributed by atoms with van der Waals surface area (Å²) in [5.41, 5.74) is 7.75. The topological polar surface area (TPSA) is 64.7 Å². The number of hydrogen-bond acceptors (Lipinski definition) is 6. The molecule has 0 fully saturated rings.